The molecule has 26 heavy (non-hydrogen) atoms. The minimum Gasteiger partial charge on any atom is -0.481 e. The van der Waals surface area contributed by atoms with Crippen molar-refractivity contribution < 1.29 is 29.0 Å². The molecule has 0 bridgehead atoms. The second kappa shape index (κ2) is 8.93. The molecule has 2 N–H and O–H groups in total. The highest BCUT2D eigenvalue weighted by Gasteiger charge is 2.26. The summed E-state index contributed by atoms with van der Waals surface area (Å²) in [6, 6.07) is 0. The van der Waals surface area contributed by atoms with Gasteiger partial charge >= 0.3 is 5.97 Å². The van der Waals surface area contributed by atoms with Gasteiger partial charge in [-0.05, 0) is 40.5 Å². The van der Waals surface area contributed by atoms with Crippen molar-refractivity contribution in [2.75, 3.05) is 13.2 Å². The number of carboxylic acids is 1. The molecule has 0 atom stereocenters. The van der Waals surface area contributed by atoms with Gasteiger partial charge in [0.15, 0.2) is 0 Å². The van der Waals surface area contributed by atoms with E-state index in [0.717, 1.165) is 4.90 Å². The second-order valence-corrected chi connectivity index (χ2v) is 7.60. The summed E-state index contributed by atoms with van der Waals surface area (Å²) in [7, 11) is 0. The highest BCUT2D eigenvalue weighted by atomic mass is 16.5. The molecule has 8 nitrogen and oxygen atoms in total. The van der Waals surface area contributed by atoms with E-state index in [4.69, 9.17) is 9.84 Å². The van der Waals surface area contributed by atoms with Gasteiger partial charge in [-0.2, -0.15) is 0 Å². The fraction of sp³-hybridized carbons (Fsp3) is 0.667. The molecule has 146 valence electrons. The zero-order valence-corrected chi connectivity index (χ0v) is 15.8. The number of rotatable bonds is 11. The average Bonchev–Trinajstić information content (AvgIpc) is 2.81. The predicted octanol–water partition coefficient (Wildman–Crippen LogP) is 1.25. The number of amides is 3. The lowest BCUT2D eigenvalue weighted by atomic mass is 9.99. The van der Waals surface area contributed by atoms with E-state index in [0.29, 0.717) is 19.4 Å². The topological polar surface area (TPSA) is 113 Å². The SMILES string of the molecule is CC(C)(CCOC(C)(C)CCC(=O)O)NC(=O)CCN1C(=O)C=CC1=O. The number of nitrogens with zero attached hydrogens (tertiary/aromatic N) is 1. The number of carbonyl (C=O) groups excluding carboxylic acids is 3. The first-order valence-electron chi connectivity index (χ1n) is 8.62. The number of ether oxygens (including phenoxy) is 1. The van der Waals surface area contributed by atoms with Crippen LogP contribution >= 0.6 is 0 Å². The average molecular weight is 368 g/mol. The van der Waals surface area contributed by atoms with E-state index in [9.17, 15) is 19.2 Å². The Kier molecular flexibility index (Phi) is 7.50. The first-order chi connectivity index (χ1) is 11.9. The van der Waals surface area contributed by atoms with Crippen LogP contribution in [0.3, 0.4) is 0 Å². The highest BCUT2D eigenvalue weighted by molar-refractivity contribution is 6.13. The molecule has 1 aliphatic heterocycles. The zero-order chi connectivity index (χ0) is 20.0. The van der Waals surface area contributed by atoms with Crippen LogP contribution in [0.25, 0.3) is 0 Å². The Balaban J connectivity index is 2.34. The van der Waals surface area contributed by atoms with Crippen molar-refractivity contribution in [3.05, 3.63) is 12.2 Å². The third-order valence-corrected chi connectivity index (χ3v) is 4.10. The molecular weight excluding hydrogens is 340 g/mol. The predicted molar refractivity (Wildman–Crippen MR) is 94.2 cm³/mol. The normalized spacial score (nSPS) is 14.8. The van der Waals surface area contributed by atoms with Crippen LogP contribution in [0.2, 0.25) is 0 Å². The molecule has 0 aromatic carbocycles. The molecule has 0 radical (unpaired) electrons. The van der Waals surface area contributed by atoms with Crippen LogP contribution in [0.1, 0.15) is 53.4 Å². The molecule has 1 rings (SSSR count). The van der Waals surface area contributed by atoms with Gasteiger partial charge in [0.2, 0.25) is 5.91 Å². The van der Waals surface area contributed by atoms with Gasteiger partial charge in [-0.25, -0.2) is 0 Å². The van der Waals surface area contributed by atoms with E-state index >= 15 is 0 Å². The van der Waals surface area contributed by atoms with Gasteiger partial charge in [0.05, 0.1) is 5.60 Å². The van der Waals surface area contributed by atoms with E-state index in [2.05, 4.69) is 5.32 Å². The van der Waals surface area contributed by atoms with Crippen LogP contribution in [0.5, 0.6) is 0 Å². The van der Waals surface area contributed by atoms with Crippen molar-refractivity contribution in [1.82, 2.24) is 10.2 Å². The summed E-state index contributed by atoms with van der Waals surface area (Å²) in [5.41, 5.74) is -1.08. The molecule has 0 fully saturated rings. The fourth-order valence-electron chi connectivity index (χ4n) is 2.43. The Hall–Kier alpha value is -2.22. The van der Waals surface area contributed by atoms with Crippen LogP contribution in [-0.4, -0.2) is 58.0 Å². The van der Waals surface area contributed by atoms with Crippen LogP contribution in [0.15, 0.2) is 12.2 Å². The summed E-state index contributed by atoms with van der Waals surface area (Å²) in [5.74, 6) is -1.93. The number of hydrogen-bond acceptors (Lipinski definition) is 5. The Morgan fingerprint density at radius 2 is 1.65 bits per heavy atom. The number of carbonyl (C=O) groups is 4. The Bertz CT molecular complexity index is 576. The van der Waals surface area contributed by atoms with Gasteiger partial charge in [0.25, 0.3) is 11.8 Å². The molecular formula is C18H28N2O6. The van der Waals surface area contributed by atoms with Crippen molar-refractivity contribution in [3.8, 4) is 0 Å². The van der Waals surface area contributed by atoms with Gasteiger partial charge in [-0.15, -0.1) is 0 Å². The quantitative estimate of drug-likeness (QED) is 0.531. The van der Waals surface area contributed by atoms with E-state index < -0.39 is 28.9 Å². The van der Waals surface area contributed by atoms with Gasteiger partial charge in [-0.3, -0.25) is 24.1 Å². The third-order valence-electron chi connectivity index (χ3n) is 4.10. The highest BCUT2D eigenvalue weighted by Crippen LogP contribution is 2.19. The van der Waals surface area contributed by atoms with Crippen molar-refractivity contribution in [1.29, 1.82) is 0 Å². The molecule has 0 unspecified atom stereocenters. The monoisotopic (exact) mass is 368 g/mol. The third kappa shape index (κ3) is 7.77. The summed E-state index contributed by atoms with van der Waals surface area (Å²) in [6.45, 7) is 7.79. The number of nitrogens with one attached hydrogen (secondary N) is 1. The number of imide groups is 1. The minimum absolute atomic E-state index is 0.0353. The maximum atomic E-state index is 12.1. The molecule has 8 heteroatoms. The second-order valence-electron chi connectivity index (χ2n) is 7.60. The first-order valence-corrected chi connectivity index (χ1v) is 8.62. The molecule has 1 aliphatic rings. The Labute approximate surface area is 153 Å². The largest absolute Gasteiger partial charge is 0.481 e. The molecule has 0 aromatic rings. The van der Waals surface area contributed by atoms with Gasteiger partial charge < -0.3 is 15.2 Å². The number of carboxylic acid groups (broad SMARTS) is 1. The van der Waals surface area contributed by atoms with Crippen LogP contribution in [-0.2, 0) is 23.9 Å². The van der Waals surface area contributed by atoms with E-state index in [1.54, 1.807) is 0 Å². The molecule has 0 saturated carbocycles. The summed E-state index contributed by atoms with van der Waals surface area (Å²) in [5, 5.41) is 11.6. The van der Waals surface area contributed by atoms with Gasteiger partial charge in [-0.1, -0.05) is 0 Å². The summed E-state index contributed by atoms with van der Waals surface area (Å²) in [6.07, 6.45) is 3.39. The van der Waals surface area contributed by atoms with Crippen molar-refractivity contribution >= 4 is 23.7 Å². The van der Waals surface area contributed by atoms with E-state index in [1.165, 1.54) is 12.2 Å². The maximum Gasteiger partial charge on any atom is 0.303 e. The molecule has 0 saturated heterocycles. The summed E-state index contributed by atoms with van der Waals surface area (Å²) in [4.78, 5) is 46.6. The van der Waals surface area contributed by atoms with Crippen LogP contribution in [0, 0.1) is 0 Å². The van der Waals surface area contributed by atoms with Crippen molar-refractivity contribution in [2.24, 2.45) is 0 Å². The van der Waals surface area contributed by atoms with E-state index in [-0.39, 0.29) is 25.3 Å². The number of aliphatic carboxylic acids is 1. The zero-order valence-electron chi connectivity index (χ0n) is 15.8. The summed E-state index contributed by atoms with van der Waals surface area (Å²) < 4.78 is 5.75. The molecule has 0 aliphatic carbocycles. The van der Waals surface area contributed by atoms with Crippen molar-refractivity contribution in [2.45, 2.75) is 64.5 Å². The maximum absolute atomic E-state index is 12.1. The lowest BCUT2D eigenvalue weighted by Gasteiger charge is -2.30. The molecule has 3 amide bonds. The standard InChI is InChI=1S/C18H28N2O6/c1-17(2,10-12-26-18(3,4)9-7-16(24)25)19-13(21)8-11-20-14(22)5-6-15(20)23/h5-6H,7-12H2,1-4H3,(H,19,21)(H,24,25). The van der Waals surface area contributed by atoms with E-state index in [1.807, 2.05) is 27.7 Å². The lowest BCUT2D eigenvalue weighted by molar-refractivity contribution is -0.139. The lowest BCUT2D eigenvalue weighted by Crippen LogP contribution is -2.46. The number of hydrogen-bond donors (Lipinski definition) is 2. The Morgan fingerprint density at radius 1 is 1.08 bits per heavy atom. The minimum atomic E-state index is -0.862. The first kappa shape index (κ1) is 21.8. The summed E-state index contributed by atoms with van der Waals surface area (Å²) >= 11 is 0. The Morgan fingerprint density at radius 3 is 2.19 bits per heavy atom. The van der Waals surface area contributed by atoms with Gasteiger partial charge in [0, 0.05) is 43.7 Å². The molecule has 0 spiro atoms. The van der Waals surface area contributed by atoms with Crippen LogP contribution < -0.4 is 5.32 Å². The molecule has 1 heterocycles. The van der Waals surface area contributed by atoms with Crippen molar-refractivity contribution in [3.63, 3.8) is 0 Å². The fourth-order valence-corrected chi connectivity index (χ4v) is 2.43. The van der Waals surface area contributed by atoms with Crippen LogP contribution in [0.4, 0.5) is 0 Å². The molecule has 0 aromatic heterocycles. The van der Waals surface area contributed by atoms with Gasteiger partial charge in [0.1, 0.15) is 0 Å². The smallest absolute Gasteiger partial charge is 0.303 e.